The number of aromatic nitrogens is 2. The highest BCUT2D eigenvalue weighted by molar-refractivity contribution is 7.09. The number of nitrogens with zero attached hydrogens (tertiary/aromatic N) is 2. The number of amides is 2. The first-order chi connectivity index (χ1) is 16.6. The van der Waals surface area contributed by atoms with E-state index in [1.165, 1.54) is 0 Å². The number of carbonyl (C=O) groups is 2. The number of thiophene rings is 1. The van der Waals surface area contributed by atoms with Gasteiger partial charge in [-0.25, -0.2) is 0 Å². The highest BCUT2D eigenvalue weighted by atomic mass is 32.1. The minimum Gasteiger partial charge on any atom is -0.369 e. The molecule has 174 valence electrons. The molecule has 0 unspecified atom stereocenters. The summed E-state index contributed by atoms with van der Waals surface area (Å²) in [5, 5.41) is 19.1. The van der Waals surface area contributed by atoms with Gasteiger partial charge in [-0.3, -0.25) is 14.7 Å². The van der Waals surface area contributed by atoms with Crippen molar-refractivity contribution in [3.63, 3.8) is 0 Å². The third-order valence-corrected chi connectivity index (χ3v) is 6.80. The van der Waals surface area contributed by atoms with Gasteiger partial charge in [-0.15, -0.1) is 11.3 Å². The Hall–Kier alpha value is -3.69. The molecular weight excluding hydrogens is 448 g/mol. The molecule has 3 heterocycles. The molecule has 5 rings (SSSR count). The molecule has 1 aliphatic rings. The van der Waals surface area contributed by atoms with Crippen molar-refractivity contribution in [2.45, 2.75) is 19.5 Å². The fourth-order valence-corrected chi connectivity index (χ4v) is 4.75. The first-order valence-corrected chi connectivity index (χ1v) is 12.1. The lowest BCUT2D eigenvalue weighted by molar-refractivity contribution is 0.0950. The second-order valence-corrected chi connectivity index (χ2v) is 9.43. The van der Waals surface area contributed by atoms with Crippen molar-refractivity contribution in [1.29, 1.82) is 0 Å². The van der Waals surface area contributed by atoms with E-state index in [-0.39, 0.29) is 11.8 Å². The van der Waals surface area contributed by atoms with Gasteiger partial charge in [0.15, 0.2) is 5.82 Å². The van der Waals surface area contributed by atoms with Gasteiger partial charge in [0, 0.05) is 52.8 Å². The van der Waals surface area contributed by atoms with Crippen LogP contribution in [0, 0.1) is 0 Å². The maximum absolute atomic E-state index is 12.9. The summed E-state index contributed by atoms with van der Waals surface area (Å²) in [7, 11) is 0. The quantitative estimate of drug-likeness (QED) is 0.342. The van der Waals surface area contributed by atoms with Gasteiger partial charge in [0.2, 0.25) is 0 Å². The molecule has 1 aliphatic heterocycles. The lowest BCUT2D eigenvalue weighted by atomic mass is 10.1. The zero-order valence-electron chi connectivity index (χ0n) is 18.8. The monoisotopic (exact) mass is 474 g/mol. The van der Waals surface area contributed by atoms with Crippen molar-refractivity contribution in [1.82, 2.24) is 20.8 Å². The first-order valence-electron chi connectivity index (χ1n) is 11.3. The molecule has 0 saturated carbocycles. The molecule has 8 nitrogen and oxygen atoms in total. The molecule has 9 heteroatoms. The van der Waals surface area contributed by atoms with Gasteiger partial charge in [0.25, 0.3) is 11.8 Å². The number of nitrogens with one attached hydrogen (secondary N) is 4. The van der Waals surface area contributed by atoms with Crippen LogP contribution in [0.4, 0.5) is 11.5 Å². The zero-order valence-corrected chi connectivity index (χ0v) is 19.6. The molecule has 4 aromatic rings. The van der Waals surface area contributed by atoms with Crippen molar-refractivity contribution >= 4 is 45.6 Å². The summed E-state index contributed by atoms with van der Waals surface area (Å²) < 4.78 is 0. The lowest BCUT2D eigenvalue weighted by Gasteiger charge is -2.33. The van der Waals surface area contributed by atoms with Crippen LogP contribution in [0.15, 0.2) is 60.0 Å². The Bertz CT molecular complexity index is 1300. The van der Waals surface area contributed by atoms with Crippen molar-refractivity contribution in [2.75, 3.05) is 29.9 Å². The summed E-state index contributed by atoms with van der Waals surface area (Å²) in [6, 6.07) is 17.3. The van der Waals surface area contributed by atoms with Crippen LogP contribution in [0.5, 0.6) is 0 Å². The van der Waals surface area contributed by atoms with E-state index >= 15 is 0 Å². The number of H-pyrrole nitrogens is 1. The highest BCUT2D eigenvalue weighted by Crippen LogP contribution is 2.23. The van der Waals surface area contributed by atoms with Gasteiger partial charge < -0.3 is 20.9 Å². The number of anilines is 2. The molecular formula is C25H26N6O2S. The van der Waals surface area contributed by atoms with Gasteiger partial charge in [-0.05, 0) is 60.8 Å². The van der Waals surface area contributed by atoms with Crippen molar-refractivity contribution in [3.05, 3.63) is 76.0 Å². The summed E-state index contributed by atoms with van der Waals surface area (Å²) >= 11 is 1.60. The number of carbonyl (C=O) groups excluding carboxylic acids is 2. The van der Waals surface area contributed by atoms with Gasteiger partial charge in [0.05, 0.1) is 12.1 Å². The van der Waals surface area contributed by atoms with Crippen LogP contribution in [0.25, 0.3) is 10.9 Å². The smallest absolute Gasteiger partial charge is 0.256 e. The molecule has 1 fully saturated rings. The van der Waals surface area contributed by atoms with E-state index in [4.69, 9.17) is 0 Å². The van der Waals surface area contributed by atoms with E-state index in [0.717, 1.165) is 35.7 Å². The van der Waals surface area contributed by atoms with Crippen LogP contribution in [0.2, 0.25) is 0 Å². The van der Waals surface area contributed by atoms with Gasteiger partial charge in [-0.1, -0.05) is 6.07 Å². The Kier molecular flexibility index (Phi) is 6.29. The molecule has 1 saturated heterocycles. The zero-order chi connectivity index (χ0) is 23.5. The molecule has 2 aromatic heterocycles. The van der Waals surface area contributed by atoms with Crippen molar-refractivity contribution < 1.29 is 9.59 Å². The third-order valence-electron chi connectivity index (χ3n) is 5.92. The third kappa shape index (κ3) is 4.80. The van der Waals surface area contributed by atoms with Crippen LogP contribution >= 0.6 is 11.3 Å². The predicted octanol–water partition coefficient (Wildman–Crippen LogP) is 3.60. The molecule has 1 atom stereocenters. The molecule has 34 heavy (non-hydrogen) atoms. The molecule has 0 bridgehead atoms. The van der Waals surface area contributed by atoms with Gasteiger partial charge in [0.1, 0.15) is 0 Å². The number of benzene rings is 2. The van der Waals surface area contributed by atoms with Gasteiger partial charge in [-0.2, -0.15) is 5.10 Å². The Labute approximate surface area is 201 Å². The summed E-state index contributed by atoms with van der Waals surface area (Å²) in [6.07, 6.45) is 0. The summed E-state index contributed by atoms with van der Waals surface area (Å²) in [4.78, 5) is 28.9. The van der Waals surface area contributed by atoms with Crippen molar-refractivity contribution in [3.8, 4) is 0 Å². The average Bonchev–Trinajstić information content (AvgIpc) is 3.52. The summed E-state index contributed by atoms with van der Waals surface area (Å²) in [5.74, 6) is -0.0271. The second kappa shape index (κ2) is 9.66. The van der Waals surface area contributed by atoms with Crippen LogP contribution in [0.3, 0.4) is 0 Å². The normalized spacial score (nSPS) is 15.9. The maximum atomic E-state index is 12.9. The summed E-state index contributed by atoms with van der Waals surface area (Å²) in [5.41, 5.74) is 2.91. The predicted molar refractivity (Wildman–Crippen MR) is 136 cm³/mol. The van der Waals surface area contributed by atoms with Crippen molar-refractivity contribution in [2.24, 2.45) is 0 Å². The second-order valence-electron chi connectivity index (χ2n) is 8.40. The first kappa shape index (κ1) is 22.1. The highest BCUT2D eigenvalue weighted by Gasteiger charge is 2.17. The van der Waals surface area contributed by atoms with Gasteiger partial charge >= 0.3 is 0 Å². The van der Waals surface area contributed by atoms with Crippen LogP contribution < -0.4 is 20.9 Å². The standard InChI is InChI=1S/C25H26N6O2S/c1-16-15-31(11-10-26-16)19-7-4-17(5-8-19)25(33)28-23-21-13-18(6-9-22(21)29-30-23)24(32)27-14-20-3-2-12-34-20/h2-9,12-13,16,26H,10-11,14-15H2,1H3,(H,27,32)(H2,28,29,30,33)/t16-/m0/s1. The fourth-order valence-electron chi connectivity index (χ4n) is 4.10. The molecule has 2 aromatic carbocycles. The molecule has 0 aliphatic carbocycles. The summed E-state index contributed by atoms with van der Waals surface area (Å²) in [6.45, 7) is 5.48. The topological polar surface area (TPSA) is 102 Å². The Morgan fingerprint density at radius 1 is 1.12 bits per heavy atom. The Morgan fingerprint density at radius 3 is 2.71 bits per heavy atom. The van der Waals surface area contributed by atoms with E-state index in [1.807, 2.05) is 41.8 Å². The Balaban J connectivity index is 1.28. The van der Waals surface area contributed by atoms with E-state index in [2.05, 4.69) is 38.0 Å². The average molecular weight is 475 g/mol. The SMILES string of the molecule is C[C@H]1CN(c2ccc(C(=O)Nc3n[nH]c4ccc(C(=O)NCc5cccs5)cc34)cc2)CCN1. The van der Waals surface area contributed by atoms with E-state index in [9.17, 15) is 9.59 Å². The number of fused-ring (bicyclic) bond motifs is 1. The Morgan fingerprint density at radius 2 is 1.94 bits per heavy atom. The molecule has 2 amide bonds. The number of aromatic amines is 1. The van der Waals surface area contributed by atoms with E-state index in [0.29, 0.717) is 34.9 Å². The van der Waals surface area contributed by atoms with Crippen LogP contribution in [0.1, 0.15) is 32.5 Å². The number of hydrogen-bond donors (Lipinski definition) is 4. The van der Waals surface area contributed by atoms with Crippen LogP contribution in [-0.2, 0) is 6.54 Å². The minimum atomic E-state index is -0.249. The lowest BCUT2D eigenvalue weighted by Crippen LogP contribution is -2.49. The molecule has 4 N–H and O–H groups in total. The fraction of sp³-hybridized carbons (Fsp3) is 0.240. The number of rotatable bonds is 6. The maximum Gasteiger partial charge on any atom is 0.256 e. The molecule has 0 radical (unpaired) electrons. The minimum absolute atomic E-state index is 0.174. The molecule has 0 spiro atoms. The number of piperazine rings is 1. The number of hydrogen-bond acceptors (Lipinski definition) is 6. The van der Waals surface area contributed by atoms with Crippen LogP contribution in [-0.4, -0.2) is 47.7 Å². The largest absolute Gasteiger partial charge is 0.369 e. The van der Waals surface area contributed by atoms with E-state index in [1.54, 1.807) is 29.5 Å². The van der Waals surface area contributed by atoms with E-state index < -0.39 is 0 Å².